The van der Waals surface area contributed by atoms with Crippen molar-refractivity contribution in [3.63, 3.8) is 0 Å². The van der Waals surface area contributed by atoms with Crippen LogP contribution in [-0.2, 0) is 32.7 Å². The number of rotatable bonds is 8. The molecule has 0 atom stereocenters. The third kappa shape index (κ3) is 6.35. The number of nitrogens with zero attached hydrogens (tertiary/aromatic N) is 2. The lowest BCUT2D eigenvalue weighted by molar-refractivity contribution is -0.128. The summed E-state index contributed by atoms with van der Waals surface area (Å²) >= 11 is 12.0. The molecule has 0 bridgehead atoms. The number of carbonyl (C=O) groups is 2. The van der Waals surface area contributed by atoms with E-state index in [0.29, 0.717) is 18.0 Å². The first-order valence-corrected chi connectivity index (χ1v) is 12.3. The van der Waals surface area contributed by atoms with E-state index in [9.17, 15) is 18.0 Å². The molecule has 0 radical (unpaired) electrons. The van der Waals surface area contributed by atoms with Gasteiger partial charge in [-0.2, -0.15) is 0 Å². The number of halogens is 2. The summed E-state index contributed by atoms with van der Waals surface area (Å²) in [6.45, 7) is 1.20. The van der Waals surface area contributed by atoms with Crippen LogP contribution in [0, 0.1) is 0 Å². The Labute approximate surface area is 192 Å². The van der Waals surface area contributed by atoms with E-state index in [1.165, 1.54) is 18.2 Å². The highest BCUT2D eigenvalue weighted by atomic mass is 35.5. The van der Waals surface area contributed by atoms with Crippen molar-refractivity contribution in [3.8, 4) is 0 Å². The molecule has 1 N–H and O–H groups in total. The van der Waals surface area contributed by atoms with E-state index in [1.807, 2.05) is 29.2 Å². The summed E-state index contributed by atoms with van der Waals surface area (Å²) in [5.41, 5.74) is 2.07. The Morgan fingerprint density at radius 1 is 1.13 bits per heavy atom. The molecular weight excluding hydrogens is 461 g/mol. The van der Waals surface area contributed by atoms with Gasteiger partial charge in [0.1, 0.15) is 6.54 Å². The van der Waals surface area contributed by atoms with Gasteiger partial charge in [0.15, 0.2) is 0 Å². The normalized spacial score (nSPS) is 14.0. The molecule has 0 aromatic heterocycles. The van der Waals surface area contributed by atoms with Crippen molar-refractivity contribution in [2.24, 2.45) is 0 Å². The minimum Gasteiger partial charge on any atom is -0.350 e. The van der Waals surface area contributed by atoms with Gasteiger partial charge in [-0.3, -0.25) is 13.9 Å². The Bertz CT molecular complexity index is 1070. The number of hydrogen-bond acceptors (Lipinski definition) is 4. The van der Waals surface area contributed by atoms with E-state index in [1.54, 1.807) is 0 Å². The zero-order valence-corrected chi connectivity index (χ0v) is 19.3. The molecule has 0 spiro atoms. The van der Waals surface area contributed by atoms with Crippen molar-refractivity contribution < 1.29 is 18.0 Å². The molecule has 0 aliphatic carbocycles. The maximum atomic E-state index is 12.4. The molecule has 166 valence electrons. The fourth-order valence-electron chi connectivity index (χ4n) is 3.31. The summed E-state index contributed by atoms with van der Waals surface area (Å²) in [6.07, 6.45) is 2.51. The zero-order valence-electron chi connectivity index (χ0n) is 17.0. The van der Waals surface area contributed by atoms with Gasteiger partial charge in [0.25, 0.3) is 0 Å². The predicted molar refractivity (Wildman–Crippen MR) is 122 cm³/mol. The van der Waals surface area contributed by atoms with Gasteiger partial charge in [-0.15, -0.1) is 0 Å². The molecule has 2 aromatic rings. The zero-order chi connectivity index (χ0) is 22.6. The van der Waals surface area contributed by atoms with Gasteiger partial charge >= 0.3 is 0 Å². The lowest BCUT2D eigenvalue weighted by atomic mass is 10.1. The second kappa shape index (κ2) is 9.89. The Morgan fingerprint density at radius 2 is 1.81 bits per heavy atom. The van der Waals surface area contributed by atoms with Gasteiger partial charge in [0.2, 0.25) is 21.8 Å². The van der Waals surface area contributed by atoms with Gasteiger partial charge < -0.3 is 10.2 Å². The second-order valence-corrected chi connectivity index (χ2v) is 10.1. The lowest BCUT2D eigenvalue weighted by Crippen LogP contribution is -2.40. The lowest BCUT2D eigenvalue weighted by Gasteiger charge is -2.23. The highest BCUT2D eigenvalue weighted by molar-refractivity contribution is 7.92. The van der Waals surface area contributed by atoms with Crippen LogP contribution in [0.2, 0.25) is 10.0 Å². The fraction of sp³-hybridized carbons (Fsp3) is 0.333. The van der Waals surface area contributed by atoms with Crippen molar-refractivity contribution in [1.29, 1.82) is 0 Å². The molecule has 10 heteroatoms. The van der Waals surface area contributed by atoms with Crippen LogP contribution < -0.4 is 9.62 Å². The van der Waals surface area contributed by atoms with E-state index in [-0.39, 0.29) is 23.2 Å². The SMILES string of the molecule is CS(=O)(=O)N(CC(=O)NCc1ccc(CN2CCCC2=O)cc1)c1ccc(Cl)cc1Cl. The molecular formula is C21H23Cl2N3O4S. The maximum Gasteiger partial charge on any atom is 0.241 e. The summed E-state index contributed by atoms with van der Waals surface area (Å²) in [5.74, 6) is -0.296. The van der Waals surface area contributed by atoms with Crippen molar-refractivity contribution in [2.75, 3.05) is 23.7 Å². The minimum atomic E-state index is -3.74. The first-order chi connectivity index (χ1) is 14.6. The Hall–Kier alpha value is -2.29. The van der Waals surface area contributed by atoms with Crippen molar-refractivity contribution in [3.05, 3.63) is 63.6 Å². The van der Waals surface area contributed by atoms with Gasteiger partial charge in [-0.1, -0.05) is 47.5 Å². The van der Waals surface area contributed by atoms with E-state index >= 15 is 0 Å². The Balaban J connectivity index is 1.59. The topological polar surface area (TPSA) is 86.8 Å². The molecule has 1 saturated heterocycles. The average Bonchev–Trinajstić information content (AvgIpc) is 3.10. The van der Waals surface area contributed by atoms with Gasteiger partial charge in [0.05, 0.1) is 17.0 Å². The van der Waals surface area contributed by atoms with E-state index in [2.05, 4.69) is 5.32 Å². The molecule has 7 nitrogen and oxygen atoms in total. The Kier molecular flexibility index (Phi) is 7.46. The number of nitrogens with one attached hydrogen (secondary N) is 1. The third-order valence-electron chi connectivity index (χ3n) is 4.92. The van der Waals surface area contributed by atoms with Crippen LogP contribution in [0.4, 0.5) is 5.69 Å². The smallest absolute Gasteiger partial charge is 0.241 e. The van der Waals surface area contributed by atoms with E-state index < -0.39 is 22.5 Å². The number of hydrogen-bond donors (Lipinski definition) is 1. The van der Waals surface area contributed by atoms with Crippen LogP contribution in [0.15, 0.2) is 42.5 Å². The number of likely N-dealkylation sites (tertiary alicyclic amines) is 1. The van der Waals surface area contributed by atoms with Crippen LogP contribution in [0.5, 0.6) is 0 Å². The monoisotopic (exact) mass is 483 g/mol. The predicted octanol–water partition coefficient (Wildman–Crippen LogP) is 3.20. The molecule has 1 aliphatic heterocycles. The summed E-state index contributed by atoms with van der Waals surface area (Å²) in [4.78, 5) is 26.0. The fourth-order valence-corrected chi connectivity index (χ4v) is 4.73. The summed E-state index contributed by atoms with van der Waals surface area (Å²) < 4.78 is 25.4. The van der Waals surface area contributed by atoms with Crippen molar-refractivity contribution >= 4 is 50.7 Å². The Morgan fingerprint density at radius 3 is 2.39 bits per heavy atom. The molecule has 1 fully saturated rings. The van der Waals surface area contributed by atoms with Crippen LogP contribution >= 0.6 is 23.2 Å². The van der Waals surface area contributed by atoms with Crippen LogP contribution in [-0.4, -0.2) is 44.5 Å². The average molecular weight is 484 g/mol. The number of anilines is 1. The highest BCUT2D eigenvalue weighted by Gasteiger charge is 2.23. The van der Waals surface area contributed by atoms with Crippen LogP contribution in [0.1, 0.15) is 24.0 Å². The van der Waals surface area contributed by atoms with Crippen LogP contribution in [0.25, 0.3) is 0 Å². The van der Waals surface area contributed by atoms with E-state index in [0.717, 1.165) is 34.7 Å². The molecule has 2 amide bonds. The molecule has 31 heavy (non-hydrogen) atoms. The minimum absolute atomic E-state index is 0.137. The van der Waals surface area contributed by atoms with Gasteiger partial charge in [0, 0.05) is 31.1 Å². The quantitative estimate of drug-likeness (QED) is 0.624. The first-order valence-electron chi connectivity index (χ1n) is 9.68. The summed E-state index contributed by atoms with van der Waals surface area (Å²) in [7, 11) is -3.74. The molecule has 2 aromatic carbocycles. The summed E-state index contributed by atoms with van der Waals surface area (Å²) in [5, 5.41) is 3.22. The third-order valence-corrected chi connectivity index (χ3v) is 6.59. The van der Waals surface area contributed by atoms with Crippen LogP contribution in [0.3, 0.4) is 0 Å². The van der Waals surface area contributed by atoms with Crippen molar-refractivity contribution in [1.82, 2.24) is 10.2 Å². The maximum absolute atomic E-state index is 12.4. The van der Waals surface area contributed by atoms with Gasteiger partial charge in [-0.25, -0.2) is 8.42 Å². The summed E-state index contributed by atoms with van der Waals surface area (Å²) in [6, 6.07) is 12.0. The first kappa shape index (κ1) is 23.4. The molecule has 3 rings (SSSR count). The molecule has 1 heterocycles. The number of amides is 2. The number of carbonyl (C=O) groups excluding carboxylic acids is 2. The van der Waals surface area contributed by atoms with Crippen molar-refractivity contribution in [2.45, 2.75) is 25.9 Å². The largest absolute Gasteiger partial charge is 0.350 e. The second-order valence-electron chi connectivity index (χ2n) is 7.38. The molecule has 1 aliphatic rings. The number of sulfonamides is 1. The molecule has 0 unspecified atom stereocenters. The van der Waals surface area contributed by atoms with Gasteiger partial charge in [-0.05, 0) is 35.7 Å². The highest BCUT2D eigenvalue weighted by Crippen LogP contribution is 2.30. The number of benzene rings is 2. The van der Waals surface area contributed by atoms with E-state index in [4.69, 9.17) is 23.2 Å². The standard InChI is InChI=1S/C21H23Cl2N3O4S/c1-31(29,30)26(19-9-8-17(22)11-18(19)23)14-20(27)24-12-15-4-6-16(7-5-15)13-25-10-2-3-21(25)28/h4-9,11H,2-3,10,12-14H2,1H3,(H,24,27). The molecule has 0 saturated carbocycles.